The van der Waals surface area contributed by atoms with Crippen molar-refractivity contribution in [3.63, 3.8) is 0 Å². The van der Waals surface area contributed by atoms with E-state index in [1.54, 1.807) is 0 Å². The molecule has 2 radical (unpaired) electrons. The van der Waals surface area contributed by atoms with Crippen molar-refractivity contribution in [2.24, 2.45) is 0 Å². The van der Waals surface area contributed by atoms with Gasteiger partial charge in [-0.15, -0.1) is 0 Å². The van der Waals surface area contributed by atoms with Crippen LogP contribution in [0, 0.1) is 0 Å². The minimum atomic E-state index is -1.51. The van der Waals surface area contributed by atoms with E-state index >= 15 is 0 Å². The van der Waals surface area contributed by atoms with E-state index in [0.717, 1.165) is 22.0 Å². The zero-order valence-corrected chi connectivity index (χ0v) is 13.0. The van der Waals surface area contributed by atoms with Gasteiger partial charge in [-0.05, 0) is 17.7 Å². The first-order chi connectivity index (χ1) is 10.8. The molecular weight excluding hydrogens is 286 g/mol. The highest BCUT2D eigenvalue weighted by molar-refractivity contribution is 7.53. The van der Waals surface area contributed by atoms with Gasteiger partial charge in [-0.3, -0.25) is 0 Å². The van der Waals surface area contributed by atoms with E-state index in [1.807, 2.05) is 78.9 Å². The first kappa shape index (κ1) is 14.7. The van der Waals surface area contributed by atoms with E-state index in [1.165, 1.54) is 0 Å². The Kier molecular flexibility index (Phi) is 4.51. The lowest BCUT2D eigenvalue weighted by atomic mass is 9.87. The highest BCUT2D eigenvalue weighted by atomic mass is 31.1. The zero-order chi connectivity index (χ0) is 15.4. The van der Waals surface area contributed by atoms with Gasteiger partial charge in [0.1, 0.15) is 7.85 Å². The van der Waals surface area contributed by atoms with E-state index in [4.69, 9.17) is 7.85 Å². The molecule has 0 aliphatic heterocycles. The monoisotopic (exact) mass is 301 g/mol. The van der Waals surface area contributed by atoms with Gasteiger partial charge in [0.2, 0.25) is 0 Å². The van der Waals surface area contributed by atoms with Crippen LogP contribution < -0.4 is 10.8 Å². The molecule has 0 saturated carbocycles. The van der Waals surface area contributed by atoms with Crippen LogP contribution in [0.4, 0.5) is 0 Å². The molecule has 0 saturated heterocycles. The number of benzene rings is 3. The maximum Gasteiger partial charge on any atom is 0.382 e. The van der Waals surface area contributed by atoms with Crippen LogP contribution in [0.5, 0.6) is 0 Å². The van der Waals surface area contributed by atoms with Crippen molar-refractivity contribution in [3.05, 3.63) is 84.4 Å². The minimum Gasteiger partial charge on any atom is -0.0888 e. The molecule has 1 unspecified atom stereocenters. The van der Waals surface area contributed by atoms with Crippen LogP contribution in [0.3, 0.4) is 0 Å². The van der Waals surface area contributed by atoms with E-state index in [2.05, 4.69) is 0 Å². The summed E-state index contributed by atoms with van der Waals surface area (Å²) in [4.78, 5) is 0. The molecule has 0 aromatic heterocycles. The lowest BCUT2D eigenvalue weighted by molar-refractivity contribution is 0.593. The largest absolute Gasteiger partial charge is 0.382 e. The predicted octanol–water partition coefficient (Wildman–Crippen LogP) is 3.80. The van der Waals surface area contributed by atoms with E-state index in [-0.39, 0.29) is 0 Å². The topological polar surface area (TPSA) is 17.1 Å². The summed E-state index contributed by atoms with van der Waals surface area (Å²) in [5, 5.41) is 0.860. The molecule has 3 heteroatoms. The standard InChI is InChI=1S/C19H15BOP/c20-18-12-6-4-10-16(18)17-11-5-7-13-19(17)22(21)14-15-8-2-1-3-9-15/h1-13H,14H2/q+1. The second kappa shape index (κ2) is 6.72. The Balaban J connectivity index is 1.98. The zero-order valence-electron chi connectivity index (χ0n) is 12.1. The Labute approximate surface area is 133 Å². The Morgan fingerprint density at radius 2 is 1.32 bits per heavy atom. The Hall–Kier alpha value is -2.18. The van der Waals surface area contributed by atoms with Gasteiger partial charge in [-0.25, -0.2) is 0 Å². The number of hydrogen-bond acceptors (Lipinski definition) is 1. The molecule has 0 aliphatic rings. The summed E-state index contributed by atoms with van der Waals surface area (Å²) in [6.07, 6.45) is 0.542. The smallest absolute Gasteiger partial charge is 0.0888 e. The average molecular weight is 301 g/mol. The third-order valence-corrected chi connectivity index (χ3v) is 5.17. The highest BCUT2D eigenvalue weighted by Crippen LogP contribution is 2.31. The second-order valence-electron chi connectivity index (χ2n) is 5.13. The molecule has 22 heavy (non-hydrogen) atoms. The molecule has 1 nitrogen and oxygen atoms in total. The van der Waals surface area contributed by atoms with Gasteiger partial charge in [-0.2, -0.15) is 0 Å². The lowest BCUT2D eigenvalue weighted by Crippen LogP contribution is -2.11. The molecule has 3 rings (SSSR count). The minimum absolute atomic E-state index is 0.542. The van der Waals surface area contributed by atoms with Gasteiger partial charge in [0.05, 0.1) is 0 Å². The fourth-order valence-electron chi connectivity index (χ4n) is 2.50. The van der Waals surface area contributed by atoms with Gasteiger partial charge >= 0.3 is 7.80 Å². The number of rotatable bonds is 4. The maximum atomic E-state index is 12.8. The molecule has 0 amide bonds. The molecule has 3 aromatic carbocycles. The molecule has 3 aromatic rings. The predicted molar refractivity (Wildman–Crippen MR) is 94.7 cm³/mol. The van der Waals surface area contributed by atoms with E-state index in [0.29, 0.717) is 11.6 Å². The van der Waals surface area contributed by atoms with Crippen LogP contribution >= 0.6 is 7.80 Å². The van der Waals surface area contributed by atoms with Crippen molar-refractivity contribution in [2.75, 3.05) is 0 Å². The van der Waals surface area contributed by atoms with Crippen molar-refractivity contribution in [1.82, 2.24) is 0 Å². The van der Waals surface area contributed by atoms with Gasteiger partial charge in [-0.1, -0.05) is 76.8 Å². The summed E-state index contributed by atoms with van der Waals surface area (Å²) >= 11 is 0. The maximum absolute atomic E-state index is 12.8. The molecule has 1 atom stereocenters. The summed E-state index contributed by atoms with van der Waals surface area (Å²) in [5.74, 6) is 0. The molecule has 0 N–H and O–H groups in total. The highest BCUT2D eigenvalue weighted by Gasteiger charge is 2.24. The summed E-state index contributed by atoms with van der Waals surface area (Å²) < 4.78 is 12.8. The summed E-state index contributed by atoms with van der Waals surface area (Å²) in [7, 11) is 4.57. The van der Waals surface area contributed by atoms with Crippen LogP contribution in [-0.4, -0.2) is 7.85 Å². The lowest BCUT2D eigenvalue weighted by Gasteiger charge is -2.06. The Bertz CT molecular complexity index is 799. The second-order valence-corrected chi connectivity index (χ2v) is 6.68. The quantitative estimate of drug-likeness (QED) is 0.529. The van der Waals surface area contributed by atoms with Gasteiger partial charge < -0.3 is 0 Å². The molecule has 0 fully saturated rings. The molecule has 104 valence electrons. The molecule has 0 heterocycles. The van der Waals surface area contributed by atoms with E-state index in [9.17, 15) is 4.57 Å². The fourth-order valence-corrected chi connectivity index (χ4v) is 3.92. The van der Waals surface area contributed by atoms with Crippen LogP contribution in [-0.2, 0) is 10.7 Å². The number of hydrogen-bond donors (Lipinski definition) is 0. The normalized spacial score (nSPS) is 11.2. The Morgan fingerprint density at radius 1 is 0.727 bits per heavy atom. The van der Waals surface area contributed by atoms with Crippen molar-refractivity contribution in [1.29, 1.82) is 0 Å². The first-order valence-corrected chi connectivity index (χ1v) is 8.62. The van der Waals surface area contributed by atoms with Crippen molar-refractivity contribution in [2.45, 2.75) is 6.16 Å². The van der Waals surface area contributed by atoms with Crippen molar-refractivity contribution < 1.29 is 4.57 Å². The van der Waals surface area contributed by atoms with Gasteiger partial charge in [0, 0.05) is 11.1 Å². The average Bonchev–Trinajstić information content (AvgIpc) is 2.56. The summed E-state index contributed by atoms with van der Waals surface area (Å²) in [6, 6.07) is 25.4. The Morgan fingerprint density at radius 3 is 2.05 bits per heavy atom. The molecule has 0 bridgehead atoms. The van der Waals surface area contributed by atoms with E-state index < -0.39 is 7.80 Å². The van der Waals surface area contributed by atoms with Crippen molar-refractivity contribution >= 4 is 26.4 Å². The van der Waals surface area contributed by atoms with Crippen LogP contribution in [0.1, 0.15) is 5.56 Å². The SMILES string of the molecule is [B]c1ccccc1-c1ccccc1[P+](=O)Cc1ccccc1. The molecular formula is C19H15BOP+. The third-order valence-electron chi connectivity index (χ3n) is 3.59. The fraction of sp³-hybridized carbons (Fsp3) is 0.0526. The van der Waals surface area contributed by atoms with Crippen LogP contribution in [0.2, 0.25) is 0 Å². The van der Waals surface area contributed by atoms with Crippen LogP contribution in [0.25, 0.3) is 11.1 Å². The molecule has 0 aliphatic carbocycles. The van der Waals surface area contributed by atoms with Crippen molar-refractivity contribution in [3.8, 4) is 11.1 Å². The van der Waals surface area contributed by atoms with Gasteiger partial charge in [0.15, 0.2) is 11.5 Å². The third kappa shape index (κ3) is 3.18. The molecule has 0 spiro atoms. The van der Waals surface area contributed by atoms with Gasteiger partial charge in [0.25, 0.3) is 0 Å². The first-order valence-electron chi connectivity index (χ1n) is 7.18. The summed E-state index contributed by atoms with van der Waals surface area (Å²) in [5.41, 5.74) is 3.68. The van der Waals surface area contributed by atoms with Crippen LogP contribution in [0.15, 0.2) is 78.9 Å². The summed E-state index contributed by atoms with van der Waals surface area (Å²) in [6.45, 7) is 0.